The van der Waals surface area contributed by atoms with E-state index in [1.807, 2.05) is 0 Å². The molecule has 8 heteroatoms. The molecule has 0 bridgehead atoms. The SMILES string of the molecule is O=C1CCCN1CN(C(=O)c1ccc(C(F)(F)F)cc1)c1ccccc1F. The Hall–Kier alpha value is -2.90. The van der Waals surface area contributed by atoms with Gasteiger partial charge in [0.15, 0.2) is 0 Å². The number of alkyl halides is 3. The number of anilines is 1. The standard InChI is InChI=1S/C19H16F4N2O2/c20-15-4-1-2-5-16(15)25(12-24-11-3-6-17(24)26)18(27)13-7-9-14(10-8-13)19(21,22)23/h1-2,4-5,7-10H,3,6,11-12H2. The van der Waals surface area contributed by atoms with Gasteiger partial charge >= 0.3 is 6.18 Å². The van der Waals surface area contributed by atoms with Crippen molar-refractivity contribution in [1.82, 2.24) is 4.90 Å². The lowest BCUT2D eigenvalue weighted by atomic mass is 10.1. The van der Waals surface area contributed by atoms with Crippen LogP contribution >= 0.6 is 0 Å². The first-order valence-electron chi connectivity index (χ1n) is 8.29. The molecule has 0 spiro atoms. The predicted molar refractivity (Wildman–Crippen MR) is 90.5 cm³/mol. The van der Waals surface area contributed by atoms with Crippen LogP contribution in [0.4, 0.5) is 23.2 Å². The van der Waals surface area contributed by atoms with Crippen LogP contribution in [0.5, 0.6) is 0 Å². The maximum Gasteiger partial charge on any atom is 0.416 e. The number of nitrogens with zero attached hydrogens (tertiary/aromatic N) is 2. The number of para-hydroxylation sites is 1. The van der Waals surface area contributed by atoms with Gasteiger partial charge in [0.1, 0.15) is 12.5 Å². The van der Waals surface area contributed by atoms with Crippen LogP contribution in [0.1, 0.15) is 28.8 Å². The third kappa shape index (κ3) is 4.10. The molecule has 0 atom stereocenters. The van der Waals surface area contributed by atoms with E-state index in [1.165, 1.54) is 29.2 Å². The van der Waals surface area contributed by atoms with Gasteiger partial charge in [0.05, 0.1) is 11.3 Å². The zero-order valence-corrected chi connectivity index (χ0v) is 14.2. The molecule has 1 aliphatic heterocycles. The fraction of sp³-hybridized carbons (Fsp3) is 0.263. The van der Waals surface area contributed by atoms with Gasteiger partial charge in [-0.3, -0.25) is 14.5 Å². The third-order valence-corrected chi connectivity index (χ3v) is 4.33. The average molecular weight is 380 g/mol. The summed E-state index contributed by atoms with van der Waals surface area (Å²) in [5, 5.41) is 0. The monoisotopic (exact) mass is 380 g/mol. The molecular weight excluding hydrogens is 364 g/mol. The number of amides is 2. The number of hydrogen-bond acceptors (Lipinski definition) is 2. The summed E-state index contributed by atoms with van der Waals surface area (Å²) in [6.45, 7) is 0.268. The Labute approximate surface area is 153 Å². The van der Waals surface area contributed by atoms with Gasteiger partial charge in [0, 0.05) is 18.5 Å². The Morgan fingerprint density at radius 2 is 1.74 bits per heavy atom. The van der Waals surface area contributed by atoms with Crippen LogP contribution in [-0.4, -0.2) is 29.9 Å². The van der Waals surface area contributed by atoms with E-state index in [0.717, 1.165) is 29.2 Å². The Bertz CT molecular complexity index is 850. The summed E-state index contributed by atoms with van der Waals surface area (Å²) in [4.78, 5) is 27.3. The number of carbonyl (C=O) groups excluding carboxylic acids is 2. The molecule has 2 amide bonds. The molecule has 1 saturated heterocycles. The number of halogens is 4. The Morgan fingerprint density at radius 3 is 2.30 bits per heavy atom. The number of hydrogen-bond donors (Lipinski definition) is 0. The normalized spacial score (nSPS) is 14.5. The molecule has 4 nitrogen and oxygen atoms in total. The van der Waals surface area contributed by atoms with Crippen molar-refractivity contribution in [2.75, 3.05) is 18.1 Å². The summed E-state index contributed by atoms with van der Waals surface area (Å²) in [5.41, 5.74) is -0.953. The summed E-state index contributed by atoms with van der Waals surface area (Å²) in [5.74, 6) is -1.51. The predicted octanol–water partition coefficient (Wildman–Crippen LogP) is 4.07. The van der Waals surface area contributed by atoms with E-state index in [9.17, 15) is 27.2 Å². The van der Waals surface area contributed by atoms with Gasteiger partial charge in [-0.25, -0.2) is 4.39 Å². The number of carbonyl (C=O) groups is 2. The zero-order valence-electron chi connectivity index (χ0n) is 14.2. The van der Waals surface area contributed by atoms with E-state index in [2.05, 4.69) is 0 Å². The second-order valence-electron chi connectivity index (χ2n) is 6.16. The van der Waals surface area contributed by atoms with Crippen LogP contribution in [-0.2, 0) is 11.0 Å². The molecule has 3 rings (SSSR count). The minimum absolute atomic E-state index is 0.0297. The van der Waals surface area contributed by atoms with Crippen molar-refractivity contribution >= 4 is 17.5 Å². The molecule has 0 radical (unpaired) electrons. The van der Waals surface area contributed by atoms with Crippen molar-refractivity contribution in [3.63, 3.8) is 0 Å². The van der Waals surface area contributed by atoms with E-state index in [0.29, 0.717) is 19.4 Å². The Morgan fingerprint density at radius 1 is 1.07 bits per heavy atom. The summed E-state index contributed by atoms with van der Waals surface area (Å²) in [7, 11) is 0. The topological polar surface area (TPSA) is 40.6 Å². The van der Waals surface area contributed by atoms with Gasteiger partial charge in [0.2, 0.25) is 5.91 Å². The molecular formula is C19H16F4N2O2. The highest BCUT2D eigenvalue weighted by Crippen LogP contribution is 2.30. The van der Waals surface area contributed by atoms with Crippen molar-refractivity contribution in [1.29, 1.82) is 0 Å². The molecule has 2 aromatic carbocycles. The molecule has 0 aromatic heterocycles. The van der Waals surface area contributed by atoms with E-state index in [4.69, 9.17) is 0 Å². The first kappa shape index (κ1) is 18.9. The number of benzene rings is 2. The van der Waals surface area contributed by atoms with Crippen molar-refractivity contribution in [3.8, 4) is 0 Å². The highest BCUT2D eigenvalue weighted by atomic mass is 19.4. The third-order valence-electron chi connectivity index (χ3n) is 4.33. The summed E-state index contributed by atoms with van der Waals surface area (Å²) < 4.78 is 52.4. The number of likely N-dealkylation sites (tertiary alicyclic amines) is 1. The average Bonchev–Trinajstić information content (AvgIpc) is 3.04. The minimum Gasteiger partial charge on any atom is -0.324 e. The Kier molecular flexibility index (Phi) is 5.16. The van der Waals surface area contributed by atoms with Crippen molar-refractivity contribution in [3.05, 3.63) is 65.5 Å². The quantitative estimate of drug-likeness (QED) is 0.751. The molecule has 1 aliphatic rings. The lowest BCUT2D eigenvalue weighted by molar-refractivity contribution is -0.137. The van der Waals surface area contributed by atoms with E-state index in [1.54, 1.807) is 0 Å². The van der Waals surface area contributed by atoms with Crippen LogP contribution in [0.3, 0.4) is 0 Å². The van der Waals surface area contributed by atoms with Crippen LogP contribution in [0.2, 0.25) is 0 Å². The molecule has 2 aromatic rings. The second kappa shape index (κ2) is 7.38. The molecule has 0 aliphatic carbocycles. The largest absolute Gasteiger partial charge is 0.416 e. The fourth-order valence-corrected chi connectivity index (χ4v) is 2.90. The summed E-state index contributed by atoms with van der Waals surface area (Å²) >= 11 is 0. The minimum atomic E-state index is -4.52. The molecule has 0 saturated carbocycles. The lowest BCUT2D eigenvalue weighted by Gasteiger charge is -2.28. The molecule has 0 unspecified atom stereocenters. The van der Waals surface area contributed by atoms with Gasteiger partial charge in [0.25, 0.3) is 5.91 Å². The highest BCUT2D eigenvalue weighted by molar-refractivity contribution is 6.06. The molecule has 27 heavy (non-hydrogen) atoms. The van der Waals surface area contributed by atoms with Crippen LogP contribution in [0, 0.1) is 5.82 Å². The van der Waals surface area contributed by atoms with Gasteiger partial charge in [-0.15, -0.1) is 0 Å². The lowest BCUT2D eigenvalue weighted by Crippen LogP contribution is -2.42. The van der Waals surface area contributed by atoms with E-state index in [-0.39, 0.29) is 23.8 Å². The molecule has 142 valence electrons. The van der Waals surface area contributed by atoms with Crippen molar-refractivity contribution in [2.45, 2.75) is 19.0 Å². The van der Waals surface area contributed by atoms with Crippen LogP contribution < -0.4 is 4.90 Å². The summed E-state index contributed by atoms with van der Waals surface area (Å²) in [6.07, 6.45) is -3.53. The van der Waals surface area contributed by atoms with Crippen molar-refractivity contribution < 1.29 is 27.2 Å². The Balaban J connectivity index is 1.93. The zero-order chi connectivity index (χ0) is 19.6. The fourth-order valence-electron chi connectivity index (χ4n) is 2.90. The van der Waals surface area contributed by atoms with E-state index < -0.39 is 23.5 Å². The van der Waals surface area contributed by atoms with E-state index >= 15 is 0 Å². The first-order chi connectivity index (χ1) is 12.8. The number of rotatable bonds is 4. The highest BCUT2D eigenvalue weighted by Gasteiger charge is 2.31. The smallest absolute Gasteiger partial charge is 0.324 e. The van der Waals surface area contributed by atoms with Crippen LogP contribution in [0.25, 0.3) is 0 Å². The van der Waals surface area contributed by atoms with Gasteiger partial charge in [-0.1, -0.05) is 12.1 Å². The van der Waals surface area contributed by atoms with Gasteiger partial charge in [-0.05, 0) is 42.8 Å². The van der Waals surface area contributed by atoms with Crippen LogP contribution in [0.15, 0.2) is 48.5 Å². The van der Waals surface area contributed by atoms with Gasteiger partial charge in [-0.2, -0.15) is 13.2 Å². The van der Waals surface area contributed by atoms with Gasteiger partial charge < -0.3 is 4.90 Å². The van der Waals surface area contributed by atoms with Crippen molar-refractivity contribution in [2.24, 2.45) is 0 Å². The maximum absolute atomic E-state index is 14.3. The second-order valence-corrected chi connectivity index (χ2v) is 6.16. The molecule has 0 N–H and O–H groups in total. The molecule has 1 heterocycles. The molecule has 1 fully saturated rings. The summed E-state index contributed by atoms with van der Waals surface area (Å²) in [6, 6.07) is 9.25. The maximum atomic E-state index is 14.3. The first-order valence-corrected chi connectivity index (χ1v) is 8.29.